The molecule has 18 heavy (non-hydrogen) atoms. The van der Waals surface area contributed by atoms with Crippen LogP contribution in [0.4, 0.5) is 0 Å². The van der Waals surface area contributed by atoms with E-state index in [2.05, 4.69) is 19.1 Å². The SMILES string of the molecule is Cc1nc(C2COc3ccccc32)sc1CCN. The Morgan fingerprint density at radius 2 is 2.28 bits per heavy atom. The molecule has 3 rings (SSSR count). The molecule has 1 aromatic carbocycles. The van der Waals surface area contributed by atoms with Crippen molar-refractivity contribution in [2.24, 2.45) is 5.73 Å². The lowest BCUT2D eigenvalue weighted by Gasteiger charge is -2.03. The van der Waals surface area contributed by atoms with Crippen LogP contribution in [0.25, 0.3) is 0 Å². The van der Waals surface area contributed by atoms with E-state index in [1.807, 2.05) is 12.1 Å². The first-order valence-electron chi connectivity index (χ1n) is 6.17. The highest BCUT2D eigenvalue weighted by molar-refractivity contribution is 7.11. The van der Waals surface area contributed by atoms with Crippen molar-refractivity contribution >= 4 is 11.3 Å². The van der Waals surface area contributed by atoms with E-state index in [4.69, 9.17) is 15.5 Å². The molecule has 1 atom stereocenters. The summed E-state index contributed by atoms with van der Waals surface area (Å²) in [5.74, 6) is 1.28. The number of ether oxygens (including phenoxy) is 1. The van der Waals surface area contributed by atoms with Gasteiger partial charge >= 0.3 is 0 Å². The van der Waals surface area contributed by atoms with Gasteiger partial charge in [-0.2, -0.15) is 0 Å². The van der Waals surface area contributed by atoms with E-state index in [9.17, 15) is 0 Å². The molecule has 2 heterocycles. The molecule has 0 saturated carbocycles. The second kappa shape index (κ2) is 4.71. The number of hydrogen-bond donors (Lipinski definition) is 1. The first kappa shape index (κ1) is 11.7. The summed E-state index contributed by atoms with van der Waals surface area (Å²) in [6, 6.07) is 8.22. The minimum Gasteiger partial charge on any atom is -0.492 e. The van der Waals surface area contributed by atoms with Crippen LogP contribution in [0, 0.1) is 6.92 Å². The van der Waals surface area contributed by atoms with Crippen LogP contribution < -0.4 is 10.5 Å². The molecule has 2 N–H and O–H groups in total. The van der Waals surface area contributed by atoms with Gasteiger partial charge in [0.15, 0.2) is 0 Å². The fraction of sp³-hybridized carbons (Fsp3) is 0.357. The van der Waals surface area contributed by atoms with E-state index in [0.717, 1.165) is 22.9 Å². The van der Waals surface area contributed by atoms with Gasteiger partial charge in [-0.1, -0.05) is 18.2 Å². The molecule has 0 fully saturated rings. The maximum absolute atomic E-state index is 5.72. The number of thiazole rings is 1. The molecule has 1 aliphatic rings. The Balaban J connectivity index is 1.95. The third kappa shape index (κ3) is 1.91. The quantitative estimate of drug-likeness (QED) is 0.922. The minimum absolute atomic E-state index is 0.288. The number of fused-ring (bicyclic) bond motifs is 1. The number of para-hydroxylation sites is 1. The van der Waals surface area contributed by atoms with E-state index in [0.29, 0.717) is 13.2 Å². The van der Waals surface area contributed by atoms with Crippen molar-refractivity contribution in [1.82, 2.24) is 4.98 Å². The lowest BCUT2D eigenvalue weighted by molar-refractivity contribution is 0.343. The van der Waals surface area contributed by atoms with Gasteiger partial charge in [0.1, 0.15) is 17.4 Å². The van der Waals surface area contributed by atoms with Crippen LogP contribution in [0.1, 0.15) is 27.1 Å². The highest BCUT2D eigenvalue weighted by Gasteiger charge is 2.28. The average molecular weight is 260 g/mol. The number of rotatable bonds is 3. The van der Waals surface area contributed by atoms with Gasteiger partial charge in [0.2, 0.25) is 0 Å². The Bertz CT molecular complexity index is 565. The Labute approximate surface area is 111 Å². The summed E-state index contributed by atoms with van der Waals surface area (Å²) < 4.78 is 5.72. The second-order valence-electron chi connectivity index (χ2n) is 4.50. The standard InChI is InChI=1S/C14H16N2OS/c1-9-13(6-7-15)18-14(16-9)11-8-17-12-5-3-2-4-10(11)12/h2-5,11H,6-8,15H2,1H3. The van der Waals surface area contributed by atoms with Gasteiger partial charge in [-0.25, -0.2) is 4.98 Å². The summed E-state index contributed by atoms with van der Waals surface area (Å²) in [4.78, 5) is 6.00. The Morgan fingerprint density at radius 1 is 1.44 bits per heavy atom. The Hall–Kier alpha value is -1.39. The summed E-state index contributed by atoms with van der Waals surface area (Å²) in [6.45, 7) is 3.45. The molecule has 0 bridgehead atoms. The number of benzene rings is 1. The van der Waals surface area contributed by atoms with E-state index in [-0.39, 0.29) is 5.92 Å². The number of nitrogens with zero attached hydrogens (tertiary/aromatic N) is 1. The van der Waals surface area contributed by atoms with Gasteiger partial charge < -0.3 is 10.5 Å². The van der Waals surface area contributed by atoms with Crippen molar-refractivity contribution in [2.75, 3.05) is 13.2 Å². The molecule has 4 heteroatoms. The molecule has 0 spiro atoms. The zero-order chi connectivity index (χ0) is 12.5. The summed E-state index contributed by atoms with van der Waals surface area (Å²) in [5.41, 5.74) is 7.99. The van der Waals surface area contributed by atoms with Crippen molar-refractivity contribution < 1.29 is 4.74 Å². The normalized spacial score (nSPS) is 17.6. The van der Waals surface area contributed by atoms with Crippen molar-refractivity contribution in [3.8, 4) is 5.75 Å². The molecule has 1 aliphatic heterocycles. The molecule has 0 amide bonds. The summed E-state index contributed by atoms with van der Waals surface area (Å²) >= 11 is 1.77. The van der Waals surface area contributed by atoms with Gasteiger partial charge in [0.05, 0.1) is 11.6 Å². The molecule has 3 nitrogen and oxygen atoms in total. The number of hydrogen-bond acceptors (Lipinski definition) is 4. The molecular weight excluding hydrogens is 244 g/mol. The molecular formula is C14H16N2OS. The second-order valence-corrected chi connectivity index (χ2v) is 5.62. The van der Waals surface area contributed by atoms with Gasteiger partial charge in [-0.3, -0.25) is 0 Å². The Morgan fingerprint density at radius 3 is 3.11 bits per heavy atom. The Kier molecular flexibility index (Phi) is 3.06. The molecule has 2 aromatic rings. The molecule has 0 aliphatic carbocycles. The van der Waals surface area contributed by atoms with E-state index in [1.165, 1.54) is 10.4 Å². The van der Waals surface area contributed by atoms with Crippen LogP contribution in [0.2, 0.25) is 0 Å². The average Bonchev–Trinajstić information content (AvgIpc) is 2.94. The monoisotopic (exact) mass is 260 g/mol. The zero-order valence-electron chi connectivity index (χ0n) is 10.3. The van der Waals surface area contributed by atoms with Crippen molar-refractivity contribution in [3.05, 3.63) is 45.4 Å². The van der Waals surface area contributed by atoms with E-state index in [1.54, 1.807) is 11.3 Å². The highest BCUT2D eigenvalue weighted by atomic mass is 32.1. The van der Waals surface area contributed by atoms with Crippen LogP contribution in [0.3, 0.4) is 0 Å². The highest BCUT2D eigenvalue weighted by Crippen LogP contribution is 2.39. The first-order chi connectivity index (χ1) is 8.79. The maximum Gasteiger partial charge on any atom is 0.123 e. The van der Waals surface area contributed by atoms with Gasteiger partial charge in [0.25, 0.3) is 0 Å². The fourth-order valence-corrected chi connectivity index (χ4v) is 3.52. The van der Waals surface area contributed by atoms with E-state index < -0.39 is 0 Å². The molecule has 94 valence electrons. The van der Waals surface area contributed by atoms with Gasteiger partial charge in [-0.15, -0.1) is 11.3 Å². The smallest absolute Gasteiger partial charge is 0.123 e. The fourth-order valence-electron chi connectivity index (χ4n) is 2.33. The van der Waals surface area contributed by atoms with Gasteiger partial charge in [0, 0.05) is 10.4 Å². The molecule has 1 aromatic heterocycles. The molecule has 1 unspecified atom stereocenters. The molecule has 0 radical (unpaired) electrons. The van der Waals surface area contributed by atoms with Crippen molar-refractivity contribution in [2.45, 2.75) is 19.3 Å². The number of aromatic nitrogens is 1. The van der Waals surface area contributed by atoms with E-state index >= 15 is 0 Å². The van der Waals surface area contributed by atoms with Crippen LogP contribution in [0.5, 0.6) is 5.75 Å². The van der Waals surface area contributed by atoms with Crippen LogP contribution in [-0.2, 0) is 6.42 Å². The third-order valence-corrected chi connectivity index (χ3v) is 4.61. The van der Waals surface area contributed by atoms with Crippen LogP contribution >= 0.6 is 11.3 Å². The predicted molar refractivity (Wildman–Crippen MR) is 73.4 cm³/mol. The van der Waals surface area contributed by atoms with Crippen LogP contribution in [-0.4, -0.2) is 18.1 Å². The zero-order valence-corrected chi connectivity index (χ0v) is 11.2. The largest absolute Gasteiger partial charge is 0.492 e. The number of aryl methyl sites for hydroxylation is 1. The van der Waals surface area contributed by atoms with Crippen molar-refractivity contribution in [3.63, 3.8) is 0 Å². The lowest BCUT2D eigenvalue weighted by Crippen LogP contribution is -2.01. The third-order valence-electron chi connectivity index (χ3n) is 3.28. The maximum atomic E-state index is 5.72. The first-order valence-corrected chi connectivity index (χ1v) is 6.99. The minimum atomic E-state index is 0.288. The topological polar surface area (TPSA) is 48.1 Å². The molecule has 0 saturated heterocycles. The number of nitrogens with two attached hydrogens (primary N) is 1. The lowest BCUT2D eigenvalue weighted by atomic mass is 10.0. The summed E-state index contributed by atoms with van der Waals surface area (Å²) in [5, 5.41) is 1.15. The predicted octanol–water partition coefficient (Wildman–Crippen LogP) is 2.48. The van der Waals surface area contributed by atoms with Crippen LogP contribution in [0.15, 0.2) is 24.3 Å². The van der Waals surface area contributed by atoms with Crippen molar-refractivity contribution in [1.29, 1.82) is 0 Å². The summed E-state index contributed by atoms with van der Waals surface area (Å²) in [7, 11) is 0. The summed E-state index contributed by atoms with van der Waals surface area (Å²) in [6.07, 6.45) is 0.915. The van der Waals surface area contributed by atoms with Gasteiger partial charge in [-0.05, 0) is 26.0 Å².